The fraction of sp³-hybridized carbons (Fsp3) is 0.857. The molecular formula is C28H58N4O5. The molecule has 5 N–H and O–H groups in total. The molecule has 0 aromatic heterocycles. The van der Waals surface area contributed by atoms with Gasteiger partial charge in [0.15, 0.2) is 5.78 Å². The SMILES string of the molecule is CC.CCC(C)CC(NC(=O)C1CCCN1C(C)=O)C(C)=O.CNC(C)C1CCCCC1.CO.NC=O. The van der Waals surface area contributed by atoms with Gasteiger partial charge in [-0.15, -0.1) is 0 Å². The average Bonchev–Trinajstić information content (AvgIpc) is 3.42. The second-order valence-corrected chi connectivity index (χ2v) is 9.40. The van der Waals surface area contributed by atoms with Crippen LogP contribution in [0, 0.1) is 11.8 Å². The van der Waals surface area contributed by atoms with Gasteiger partial charge in [0.1, 0.15) is 6.04 Å². The van der Waals surface area contributed by atoms with E-state index in [1.54, 1.807) is 4.90 Å². The van der Waals surface area contributed by atoms with Crippen LogP contribution in [-0.2, 0) is 19.2 Å². The van der Waals surface area contributed by atoms with Crippen LogP contribution in [0.4, 0.5) is 0 Å². The molecule has 0 aromatic carbocycles. The van der Waals surface area contributed by atoms with E-state index in [2.05, 4.69) is 44.2 Å². The lowest BCUT2D eigenvalue weighted by Gasteiger charge is -2.27. The quantitative estimate of drug-likeness (QED) is 0.354. The number of carbonyl (C=O) groups is 4. The zero-order chi connectivity index (χ0) is 29.4. The third-order valence-electron chi connectivity index (χ3n) is 6.91. The van der Waals surface area contributed by atoms with Crippen molar-refractivity contribution in [2.45, 2.75) is 124 Å². The van der Waals surface area contributed by atoms with Crippen LogP contribution in [0.25, 0.3) is 0 Å². The van der Waals surface area contributed by atoms with Gasteiger partial charge in [0, 0.05) is 26.6 Å². The van der Waals surface area contributed by atoms with Gasteiger partial charge in [-0.25, -0.2) is 0 Å². The molecule has 0 spiro atoms. The number of amides is 3. The third kappa shape index (κ3) is 18.0. The summed E-state index contributed by atoms with van der Waals surface area (Å²) in [7, 11) is 3.07. The highest BCUT2D eigenvalue weighted by molar-refractivity contribution is 5.92. The summed E-state index contributed by atoms with van der Waals surface area (Å²) in [5.74, 6) is 1.05. The molecule has 0 radical (unpaired) electrons. The van der Waals surface area contributed by atoms with Crippen molar-refractivity contribution in [3.8, 4) is 0 Å². The van der Waals surface area contributed by atoms with Crippen LogP contribution in [-0.4, -0.2) is 72.8 Å². The highest BCUT2D eigenvalue weighted by Crippen LogP contribution is 2.25. The normalized spacial score (nSPS) is 18.9. The fourth-order valence-electron chi connectivity index (χ4n) is 4.45. The van der Waals surface area contributed by atoms with Crippen LogP contribution in [0.1, 0.15) is 106 Å². The van der Waals surface area contributed by atoms with Crippen LogP contribution in [0.5, 0.6) is 0 Å². The number of likely N-dealkylation sites (tertiary alicyclic amines) is 1. The van der Waals surface area contributed by atoms with Gasteiger partial charge < -0.3 is 26.4 Å². The highest BCUT2D eigenvalue weighted by Gasteiger charge is 2.34. The minimum Gasteiger partial charge on any atom is -0.400 e. The topological polar surface area (TPSA) is 142 Å². The predicted molar refractivity (Wildman–Crippen MR) is 152 cm³/mol. The number of carbonyl (C=O) groups excluding carboxylic acids is 4. The summed E-state index contributed by atoms with van der Waals surface area (Å²) in [5, 5.41) is 13.2. The second kappa shape index (κ2) is 25.6. The van der Waals surface area contributed by atoms with E-state index in [1.165, 1.54) is 46.0 Å². The Morgan fingerprint density at radius 1 is 1.03 bits per heavy atom. The molecule has 1 saturated heterocycles. The summed E-state index contributed by atoms with van der Waals surface area (Å²) in [6, 6.07) is -0.113. The number of aliphatic hydroxyl groups excluding tert-OH is 1. The Hall–Kier alpha value is -2.00. The van der Waals surface area contributed by atoms with Gasteiger partial charge in [0.25, 0.3) is 0 Å². The summed E-state index contributed by atoms with van der Waals surface area (Å²) in [5.41, 5.74) is 4.17. The number of ketones is 1. The van der Waals surface area contributed by atoms with E-state index in [9.17, 15) is 14.4 Å². The summed E-state index contributed by atoms with van der Waals surface area (Å²) in [6.07, 6.45) is 10.7. The standard InChI is InChI=1S/C15H26N2O3.C9H19N.C2H6.CH3NO.CH4O/c1-5-10(2)9-13(11(3)18)16-15(20)14-7-6-8-17(14)12(4)19;1-8(10-2)9-6-4-3-5-7-9;1-2;2-1-3;1-2/h10,13-14H,5-9H2,1-4H3,(H,16,20);8-10H,3-7H2,1-2H3;1-2H3;1H,(H2,2,3);2H,1H3. The van der Waals surface area contributed by atoms with Gasteiger partial charge in [0.05, 0.1) is 6.04 Å². The number of aliphatic hydroxyl groups is 1. The molecule has 1 heterocycles. The molecular weight excluding hydrogens is 472 g/mol. The number of nitrogens with one attached hydrogen (secondary N) is 2. The van der Waals surface area contributed by atoms with Crippen LogP contribution < -0.4 is 16.4 Å². The Labute approximate surface area is 226 Å². The summed E-state index contributed by atoms with van der Waals surface area (Å²) in [4.78, 5) is 45.6. The van der Waals surface area contributed by atoms with E-state index in [1.807, 2.05) is 13.8 Å². The van der Waals surface area contributed by atoms with Crippen LogP contribution in [0.2, 0.25) is 0 Å². The van der Waals surface area contributed by atoms with E-state index in [-0.39, 0.29) is 24.0 Å². The molecule has 9 nitrogen and oxygen atoms in total. The first-order valence-electron chi connectivity index (χ1n) is 14.0. The Morgan fingerprint density at radius 2 is 1.54 bits per heavy atom. The van der Waals surface area contributed by atoms with Crippen molar-refractivity contribution in [2.24, 2.45) is 17.6 Å². The van der Waals surface area contributed by atoms with Gasteiger partial charge in [-0.2, -0.15) is 0 Å². The molecule has 37 heavy (non-hydrogen) atoms. The molecule has 1 aliphatic carbocycles. The number of hydrogen-bond acceptors (Lipinski definition) is 6. The zero-order valence-electron chi connectivity index (χ0n) is 25.1. The van der Waals surface area contributed by atoms with E-state index in [0.29, 0.717) is 25.3 Å². The van der Waals surface area contributed by atoms with Crippen LogP contribution in [0.3, 0.4) is 0 Å². The Bertz CT molecular complexity index is 597. The maximum Gasteiger partial charge on any atom is 0.243 e. The van der Waals surface area contributed by atoms with Crippen molar-refractivity contribution in [3.63, 3.8) is 0 Å². The van der Waals surface area contributed by atoms with E-state index in [4.69, 9.17) is 9.90 Å². The van der Waals surface area contributed by atoms with Crippen molar-refractivity contribution in [1.29, 1.82) is 0 Å². The number of nitrogens with two attached hydrogens (primary N) is 1. The molecule has 220 valence electrons. The van der Waals surface area contributed by atoms with E-state index >= 15 is 0 Å². The first kappa shape index (κ1) is 39.5. The Morgan fingerprint density at radius 3 is 1.95 bits per heavy atom. The lowest BCUT2D eigenvalue weighted by Crippen LogP contribution is -2.50. The molecule has 3 amide bonds. The van der Waals surface area contributed by atoms with Crippen molar-refractivity contribution >= 4 is 24.0 Å². The summed E-state index contributed by atoms with van der Waals surface area (Å²) in [6.45, 7) is 14.1. The molecule has 1 aliphatic heterocycles. The molecule has 1 saturated carbocycles. The maximum absolute atomic E-state index is 12.3. The maximum atomic E-state index is 12.3. The van der Waals surface area contributed by atoms with Gasteiger partial charge >= 0.3 is 0 Å². The number of hydrogen-bond donors (Lipinski definition) is 4. The molecule has 2 fully saturated rings. The molecule has 0 aromatic rings. The average molecular weight is 531 g/mol. The minimum atomic E-state index is -0.438. The Kier molecular flexibility index (Phi) is 27.4. The lowest BCUT2D eigenvalue weighted by molar-refractivity contribution is -0.138. The van der Waals surface area contributed by atoms with E-state index < -0.39 is 12.1 Å². The van der Waals surface area contributed by atoms with Crippen molar-refractivity contribution in [3.05, 3.63) is 0 Å². The number of primary amides is 1. The van der Waals surface area contributed by atoms with Gasteiger partial charge in [-0.1, -0.05) is 53.4 Å². The van der Waals surface area contributed by atoms with Crippen molar-refractivity contribution in [1.82, 2.24) is 15.5 Å². The molecule has 2 aliphatic rings. The van der Waals surface area contributed by atoms with E-state index in [0.717, 1.165) is 31.9 Å². The van der Waals surface area contributed by atoms with Crippen molar-refractivity contribution < 1.29 is 24.3 Å². The summed E-state index contributed by atoms with van der Waals surface area (Å²) < 4.78 is 0. The summed E-state index contributed by atoms with van der Waals surface area (Å²) >= 11 is 0. The van der Waals surface area contributed by atoms with Gasteiger partial charge in [0.2, 0.25) is 18.2 Å². The number of rotatable bonds is 8. The monoisotopic (exact) mass is 530 g/mol. The third-order valence-corrected chi connectivity index (χ3v) is 6.91. The Balaban J connectivity index is -0.000000565. The molecule has 0 bridgehead atoms. The molecule has 2 rings (SSSR count). The molecule has 4 atom stereocenters. The number of nitrogens with zero attached hydrogens (tertiary/aromatic N) is 1. The zero-order valence-corrected chi connectivity index (χ0v) is 25.1. The minimum absolute atomic E-state index is 0.0222. The highest BCUT2D eigenvalue weighted by atomic mass is 16.2. The second-order valence-electron chi connectivity index (χ2n) is 9.40. The molecule has 9 heteroatoms. The van der Waals surface area contributed by atoms with Gasteiger partial charge in [-0.05, 0) is 64.8 Å². The fourth-order valence-corrected chi connectivity index (χ4v) is 4.45. The van der Waals surface area contributed by atoms with Crippen LogP contribution in [0.15, 0.2) is 0 Å². The first-order chi connectivity index (χ1) is 17.6. The van der Waals surface area contributed by atoms with Crippen LogP contribution >= 0.6 is 0 Å². The number of Topliss-reactive ketones (excluding diaryl/α,β-unsaturated/α-hetero) is 1. The lowest BCUT2D eigenvalue weighted by atomic mass is 9.85. The van der Waals surface area contributed by atoms with Gasteiger partial charge in [-0.3, -0.25) is 19.2 Å². The predicted octanol–water partition coefficient (Wildman–Crippen LogP) is 3.42. The van der Waals surface area contributed by atoms with Crippen molar-refractivity contribution in [2.75, 3.05) is 20.7 Å². The molecule has 4 unspecified atom stereocenters. The first-order valence-corrected chi connectivity index (χ1v) is 14.0. The smallest absolute Gasteiger partial charge is 0.243 e. The largest absolute Gasteiger partial charge is 0.400 e.